The van der Waals surface area contributed by atoms with Gasteiger partial charge in [0, 0.05) is 5.75 Å². The fourth-order valence-electron chi connectivity index (χ4n) is 1.31. The van der Waals surface area contributed by atoms with Crippen molar-refractivity contribution in [3.63, 3.8) is 0 Å². The van der Waals surface area contributed by atoms with Crippen LogP contribution in [0, 0.1) is 0 Å². The molecule has 4 nitrogen and oxygen atoms in total. The number of ether oxygens (including phenoxy) is 3. The third-order valence-corrected chi connectivity index (χ3v) is 2.47. The molecule has 15 heavy (non-hydrogen) atoms. The Morgan fingerprint density at radius 2 is 1.60 bits per heavy atom. The van der Waals surface area contributed by atoms with E-state index in [2.05, 4.69) is 0 Å². The summed E-state index contributed by atoms with van der Waals surface area (Å²) >= 11 is 1.25. The standard InChI is InChI=1S/C10H15NO3S/c1-12-8-4-7(6-15-11)5-9(13-2)10(8)14-3/h4-5H,6,11H2,1-3H3. The number of rotatable bonds is 5. The van der Waals surface area contributed by atoms with Gasteiger partial charge in [-0.3, -0.25) is 5.14 Å². The number of methoxy groups -OCH3 is 3. The summed E-state index contributed by atoms with van der Waals surface area (Å²) in [6, 6.07) is 3.78. The molecule has 0 saturated carbocycles. The predicted molar refractivity (Wildman–Crippen MR) is 61.6 cm³/mol. The fraction of sp³-hybridized carbons (Fsp3) is 0.400. The minimum absolute atomic E-state index is 0.603. The zero-order chi connectivity index (χ0) is 11.3. The van der Waals surface area contributed by atoms with E-state index in [4.69, 9.17) is 19.3 Å². The first kappa shape index (κ1) is 12.0. The van der Waals surface area contributed by atoms with Gasteiger partial charge in [-0.25, -0.2) is 0 Å². The Morgan fingerprint density at radius 3 is 1.93 bits per heavy atom. The van der Waals surface area contributed by atoms with Gasteiger partial charge in [-0.05, 0) is 17.7 Å². The predicted octanol–water partition coefficient (Wildman–Crippen LogP) is 1.82. The maximum absolute atomic E-state index is 5.42. The molecule has 2 N–H and O–H groups in total. The van der Waals surface area contributed by atoms with E-state index in [0.717, 1.165) is 5.56 Å². The molecule has 1 aromatic rings. The number of hydrogen-bond acceptors (Lipinski definition) is 5. The molecule has 1 aromatic carbocycles. The highest BCUT2D eigenvalue weighted by atomic mass is 32.2. The van der Waals surface area contributed by atoms with Gasteiger partial charge >= 0.3 is 0 Å². The largest absolute Gasteiger partial charge is 0.493 e. The van der Waals surface area contributed by atoms with Crippen molar-refractivity contribution in [2.24, 2.45) is 5.14 Å². The van der Waals surface area contributed by atoms with Gasteiger partial charge in [0.15, 0.2) is 11.5 Å². The summed E-state index contributed by atoms with van der Waals surface area (Å²) in [6.07, 6.45) is 0. The van der Waals surface area contributed by atoms with Crippen molar-refractivity contribution < 1.29 is 14.2 Å². The fourth-order valence-corrected chi connectivity index (χ4v) is 1.67. The highest BCUT2D eigenvalue weighted by molar-refractivity contribution is 7.96. The Hall–Kier alpha value is -1.07. The molecule has 0 aliphatic carbocycles. The van der Waals surface area contributed by atoms with E-state index >= 15 is 0 Å². The van der Waals surface area contributed by atoms with E-state index in [-0.39, 0.29) is 0 Å². The molecule has 0 aliphatic rings. The first-order chi connectivity index (χ1) is 7.26. The van der Waals surface area contributed by atoms with Gasteiger partial charge in [0.1, 0.15) is 0 Å². The van der Waals surface area contributed by atoms with Crippen LogP contribution in [0.25, 0.3) is 0 Å². The van der Waals surface area contributed by atoms with Crippen LogP contribution in [0.1, 0.15) is 5.56 Å². The summed E-state index contributed by atoms with van der Waals surface area (Å²) in [5.74, 6) is 2.61. The third kappa shape index (κ3) is 2.70. The van der Waals surface area contributed by atoms with E-state index in [1.807, 2.05) is 12.1 Å². The van der Waals surface area contributed by atoms with Crippen LogP contribution in [0.5, 0.6) is 17.2 Å². The van der Waals surface area contributed by atoms with Crippen LogP contribution in [0.2, 0.25) is 0 Å². The monoisotopic (exact) mass is 229 g/mol. The molecule has 0 saturated heterocycles. The Kier molecular flexibility index (Phi) is 4.58. The Labute approximate surface area is 93.8 Å². The minimum Gasteiger partial charge on any atom is -0.493 e. The zero-order valence-corrected chi connectivity index (χ0v) is 9.89. The summed E-state index contributed by atoms with van der Waals surface area (Å²) in [6.45, 7) is 0. The Morgan fingerprint density at radius 1 is 1.07 bits per heavy atom. The maximum atomic E-state index is 5.42. The molecule has 0 unspecified atom stereocenters. The van der Waals surface area contributed by atoms with E-state index < -0.39 is 0 Å². The van der Waals surface area contributed by atoms with Crippen LogP contribution in [-0.2, 0) is 5.75 Å². The molecule has 0 radical (unpaired) electrons. The quantitative estimate of drug-likeness (QED) is 0.780. The molecule has 0 aliphatic heterocycles. The Balaban J connectivity index is 3.16. The van der Waals surface area contributed by atoms with E-state index in [9.17, 15) is 0 Å². The second-order valence-corrected chi connectivity index (χ2v) is 3.47. The number of nitrogens with two attached hydrogens (primary N) is 1. The average molecular weight is 229 g/mol. The summed E-state index contributed by atoms with van der Waals surface area (Å²) in [7, 11) is 4.77. The van der Waals surface area contributed by atoms with Crippen LogP contribution >= 0.6 is 11.9 Å². The van der Waals surface area contributed by atoms with Crippen molar-refractivity contribution in [3.05, 3.63) is 17.7 Å². The summed E-state index contributed by atoms with van der Waals surface area (Å²) < 4.78 is 15.6. The normalized spacial score (nSPS) is 9.87. The van der Waals surface area contributed by atoms with Gasteiger partial charge in [0.05, 0.1) is 21.3 Å². The molecule has 0 aromatic heterocycles. The molecule has 1 rings (SSSR count). The Bertz CT molecular complexity index is 305. The van der Waals surface area contributed by atoms with E-state index in [0.29, 0.717) is 23.0 Å². The van der Waals surface area contributed by atoms with Crippen molar-refractivity contribution in [2.45, 2.75) is 5.75 Å². The van der Waals surface area contributed by atoms with Gasteiger partial charge in [-0.15, -0.1) is 0 Å². The van der Waals surface area contributed by atoms with Gasteiger partial charge in [-0.1, -0.05) is 11.9 Å². The van der Waals surface area contributed by atoms with Crippen molar-refractivity contribution in [1.82, 2.24) is 0 Å². The summed E-state index contributed by atoms with van der Waals surface area (Å²) in [4.78, 5) is 0. The highest BCUT2D eigenvalue weighted by Crippen LogP contribution is 2.38. The molecule has 0 fully saturated rings. The number of hydrogen-bond donors (Lipinski definition) is 1. The topological polar surface area (TPSA) is 53.7 Å². The first-order valence-corrected chi connectivity index (χ1v) is 5.42. The van der Waals surface area contributed by atoms with Gasteiger partial charge < -0.3 is 14.2 Å². The van der Waals surface area contributed by atoms with Crippen molar-refractivity contribution >= 4 is 11.9 Å². The lowest BCUT2D eigenvalue weighted by Crippen LogP contribution is -1.97. The first-order valence-electron chi connectivity index (χ1n) is 4.37. The molecule has 0 heterocycles. The lowest BCUT2D eigenvalue weighted by atomic mass is 10.2. The summed E-state index contributed by atoms with van der Waals surface area (Å²) in [5.41, 5.74) is 1.04. The zero-order valence-electron chi connectivity index (χ0n) is 9.07. The molecule has 5 heteroatoms. The molecular weight excluding hydrogens is 214 g/mol. The molecule has 0 spiro atoms. The minimum atomic E-state index is 0.603. The van der Waals surface area contributed by atoms with Gasteiger partial charge in [-0.2, -0.15) is 0 Å². The van der Waals surface area contributed by atoms with Crippen LogP contribution < -0.4 is 19.3 Å². The molecule has 0 atom stereocenters. The second-order valence-electron chi connectivity index (χ2n) is 2.84. The molecule has 0 bridgehead atoms. The van der Waals surface area contributed by atoms with Crippen molar-refractivity contribution in [1.29, 1.82) is 0 Å². The maximum Gasteiger partial charge on any atom is 0.203 e. The SMILES string of the molecule is COc1cc(CSN)cc(OC)c1OC. The smallest absolute Gasteiger partial charge is 0.203 e. The van der Waals surface area contributed by atoms with Gasteiger partial charge in [0.25, 0.3) is 0 Å². The molecule has 84 valence electrons. The summed E-state index contributed by atoms with van der Waals surface area (Å²) in [5, 5.41) is 5.42. The molecule has 0 amide bonds. The van der Waals surface area contributed by atoms with E-state index in [1.165, 1.54) is 11.9 Å². The average Bonchev–Trinajstić information content (AvgIpc) is 2.28. The van der Waals surface area contributed by atoms with Crippen molar-refractivity contribution in [2.75, 3.05) is 21.3 Å². The van der Waals surface area contributed by atoms with Crippen LogP contribution in [0.15, 0.2) is 12.1 Å². The van der Waals surface area contributed by atoms with Crippen molar-refractivity contribution in [3.8, 4) is 17.2 Å². The van der Waals surface area contributed by atoms with Gasteiger partial charge in [0.2, 0.25) is 5.75 Å². The lowest BCUT2D eigenvalue weighted by molar-refractivity contribution is 0.324. The second kappa shape index (κ2) is 5.72. The highest BCUT2D eigenvalue weighted by Gasteiger charge is 2.12. The van der Waals surface area contributed by atoms with Crippen LogP contribution in [-0.4, -0.2) is 21.3 Å². The van der Waals surface area contributed by atoms with Crippen LogP contribution in [0.3, 0.4) is 0 Å². The molecular formula is C10H15NO3S. The van der Waals surface area contributed by atoms with Crippen LogP contribution in [0.4, 0.5) is 0 Å². The van der Waals surface area contributed by atoms with E-state index in [1.54, 1.807) is 21.3 Å². The number of benzene rings is 1. The lowest BCUT2D eigenvalue weighted by Gasteiger charge is -2.13. The third-order valence-electron chi connectivity index (χ3n) is 1.97.